The number of aliphatic carboxylic acids is 1. The molecule has 4 aromatic rings. The van der Waals surface area contributed by atoms with E-state index in [0.717, 1.165) is 50.7 Å². The third-order valence-electron chi connectivity index (χ3n) is 20.9. The zero-order valence-electron chi connectivity index (χ0n) is 58.5. The lowest BCUT2D eigenvalue weighted by Crippen LogP contribution is -2.52. The Kier molecular flexibility index (Phi) is 22.6. The third-order valence-corrected chi connectivity index (χ3v) is 20.9. The van der Waals surface area contributed by atoms with Gasteiger partial charge in [0.15, 0.2) is 23.0 Å². The van der Waals surface area contributed by atoms with E-state index >= 15 is 17.6 Å². The number of ketones is 2. The van der Waals surface area contributed by atoms with Crippen molar-refractivity contribution in [2.75, 3.05) is 32.9 Å². The molecule has 8 heterocycles. The number of Topliss-reactive ketones (excluding diaryl/α,β-unsaturated/α-hetero) is 2. The van der Waals surface area contributed by atoms with Crippen molar-refractivity contribution in [3.05, 3.63) is 109 Å². The van der Waals surface area contributed by atoms with E-state index in [2.05, 4.69) is 30.6 Å². The molecule has 8 aliphatic rings. The molecule has 22 nitrogen and oxygen atoms in total. The van der Waals surface area contributed by atoms with Gasteiger partial charge in [-0.3, -0.25) is 28.8 Å². The van der Waals surface area contributed by atoms with Crippen LogP contribution < -0.4 is 20.1 Å². The highest BCUT2D eigenvalue weighted by atomic mass is 19.3. The number of hydrogen-bond donors (Lipinski definition) is 3. The SMILES string of the molecule is CC1(C)CC/C=C/C(F)(F)c2nc3ccccc3nc2O[C@@H]2C[C@H]3C(=O)C[C@]4(C(=O)O)C[C@H]4/C=C\CCCCC[C@H](NC(=O)OC1)C(=O)N3C2.CCOC(=O)[C@]12CC(=O)[C@@H]3C[C@@H]4CN3C(=O)[C@H](CCCCC/C=C\[C@@H]1C2)NC(=O)OCC(C)(C)CC/C=C/C(F)(F)c1nc2ccccc2nc1O4. The number of benzene rings is 2. The van der Waals surface area contributed by atoms with Crippen LogP contribution in [0.2, 0.25) is 0 Å². The van der Waals surface area contributed by atoms with Crippen LogP contribution in [-0.4, -0.2) is 152 Å². The highest BCUT2D eigenvalue weighted by Crippen LogP contribution is 2.59. The van der Waals surface area contributed by atoms with Gasteiger partial charge in [0.2, 0.25) is 23.6 Å². The maximum Gasteiger partial charge on any atom is 0.407 e. The topological polar surface area (TPSA) is 285 Å². The van der Waals surface area contributed by atoms with Gasteiger partial charge in [-0.25, -0.2) is 29.5 Å². The van der Waals surface area contributed by atoms with Gasteiger partial charge in [0.25, 0.3) is 0 Å². The minimum absolute atomic E-state index is 0.00550. The van der Waals surface area contributed by atoms with Crippen molar-refractivity contribution >= 4 is 69.6 Å². The number of amides is 4. The highest BCUT2D eigenvalue weighted by Gasteiger charge is 2.63. The first kappa shape index (κ1) is 74.4. The monoisotopic (exact) mass is 1420 g/mol. The molecule has 12 rings (SSSR count). The van der Waals surface area contributed by atoms with Gasteiger partial charge >= 0.3 is 36.0 Å². The molecule has 0 radical (unpaired) electrons. The summed E-state index contributed by atoms with van der Waals surface area (Å²) in [5.41, 5.74) is -3.65. The lowest BCUT2D eigenvalue weighted by atomic mass is 9.88. The first-order chi connectivity index (χ1) is 48.6. The van der Waals surface area contributed by atoms with Gasteiger partial charge in [-0.05, 0) is 143 Å². The molecule has 548 valence electrons. The van der Waals surface area contributed by atoms with Gasteiger partial charge in [-0.2, -0.15) is 17.6 Å². The maximum atomic E-state index is 16.0. The molecular weight excluding hydrogens is 1320 g/mol. The standard InChI is InChI=1S/C39H48F2N4O7.C37H44F2N4O7/c1-4-50-35(48)38-21-25(38)14-8-6-5-7-9-17-29-34(47)45-23-26(20-30(45)31(46)22-38)52-33-32(42-27-15-10-11-16-28(27)43-33)39(40,41)19-13-12-18-37(2,3)24-51-36(49)44-29;1-35(2)16-10-11-17-37(38,39)30-31(41-26-14-9-8-13-25(26)40-30)50-24-18-28-29(44)20-36(33(46)47)19-23(36)12-6-4-3-5-7-15-27(32(45)43(28)21-24)42-34(48)49-22-35/h8,10-11,13-16,19,25-26,29-30H,4-7,9,12,17-18,20-24H2,1-3H3,(H,44,49);6,8-9,11-14,17,23-24,27-28H,3-5,7,10,15-16,18-22H2,1-2H3,(H,42,48)(H,46,47)/b14-8-,19-13+;12-6-,17-11+/t25-,26-,29+,30+,38-;23-,24-,27+,28+,36-/m11/s1. The van der Waals surface area contributed by atoms with Crippen molar-refractivity contribution in [2.24, 2.45) is 33.5 Å². The third kappa shape index (κ3) is 17.4. The summed E-state index contributed by atoms with van der Waals surface area (Å²) < 4.78 is 92.8. The second-order valence-electron chi connectivity index (χ2n) is 30.1. The Morgan fingerprint density at radius 2 is 0.980 bits per heavy atom. The summed E-state index contributed by atoms with van der Waals surface area (Å²) in [5, 5.41) is 15.7. The number of ether oxygens (including phenoxy) is 5. The van der Waals surface area contributed by atoms with E-state index in [1.165, 1.54) is 22.0 Å². The average molecular weight is 1420 g/mol. The molecule has 2 aliphatic carbocycles. The zero-order chi connectivity index (χ0) is 72.8. The maximum absolute atomic E-state index is 16.0. The van der Waals surface area contributed by atoms with Crippen LogP contribution in [0.25, 0.3) is 22.1 Å². The van der Waals surface area contributed by atoms with Crippen molar-refractivity contribution in [3.63, 3.8) is 0 Å². The van der Waals surface area contributed by atoms with Crippen LogP contribution in [0.15, 0.2) is 97.1 Å². The van der Waals surface area contributed by atoms with Gasteiger partial charge in [-0.1, -0.05) is 114 Å². The summed E-state index contributed by atoms with van der Waals surface area (Å²) in [6.45, 7) is 8.96. The fraction of sp³-hybridized carbons (Fsp3) is 0.579. The smallest absolute Gasteiger partial charge is 0.407 e. The van der Waals surface area contributed by atoms with Crippen LogP contribution in [-0.2, 0) is 54.8 Å². The summed E-state index contributed by atoms with van der Waals surface area (Å²) in [7, 11) is 0. The Bertz CT molecular complexity index is 3960. The van der Waals surface area contributed by atoms with Gasteiger partial charge < -0.3 is 49.2 Å². The summed E-state index contributed by atoms with van der Waals surface area (Å²) in [6.07, 6.45) is 16.7. The number of aromatic nitrogens is 4. The number of alkyl carbamates (subject to hydrolysis) is 2. The molecule has 3 N–H and O–H groups in total. The van der Waals surface area contributed by atoms with Crippen LogP contribution >= 0.6 is 0 Å². The quantitative estimate of drug-likeness (QED) is 0.0743. The summed E-state index contributed by atoms with van der Waals surface area (Å²) in [4.78, 5) is 129. The number of hydrogen-bond acceptors (Lipinski definition) is 17. The summed E-state index contributed by atoms with van der Waals surface area (Å²) in [5.74, 6) is -11.9. The predicted molar refractivity (Wildman–Crippen MR) is 366 cm³/mol. The first-order valence-corrected chi connectivity index (χ1v) is 35.9. The lowest BCUT2D eigenvalue weighted by Gasteiger charge is -2.30. The molecule has 2 aromatic heterocycles. The Labute approximate surface area is 590 Å². The first-order valence-electron chi connectivity index (χ1n) is 35.9. The Hall–Kier alpha value is -8.84. The molecule has 2 aromatic carbocycles. The van der Waals surface area contributed by atoms with E-state index in [1.54, 1.807) is 55.5 Å². The highest BCUT2D eigenvalue weighted by molar-refractivity contribution is 5.97. The molecule has 102 heavy (non-hydrogen) atoms. The molecule has 4 amide bonds. The largest absolute Gasteiger partial charge is 0.481 e. The minimum Gasteiger partial charge on any atom is -0.481 e. The van der Waals surface area contributed by atoms with Crippen LogP contribution in [0, 0.1) is 33.5 Å². The van der Waals surface area contributed by atoms with Crippen LogP contribution in [0.1, 0.15) is 174 Å². The molecule has 6 bridgehead atoms. The van der Waals surface area contributed by atoms with E-state index < -0.39 is 135 Å². The Balaban J connectivity index is 0.000000205. The fourth-order valence-corrected chi connectivity index (χ4v) is 14.7. The predicted octanol–water partition coefficient (Wildman–Crippen LogP) is 12.7. The van der Waals surface area contributed by atoms with E-state index in [4.69, 9.17) is 23.7 Å². The second kappa shape index (κ2) is 31.0. The number of allylic oxidation sites excluding steroid dienone is 8. The number of para-hydroxylation sites is 4. The molecule has 0 spiro atoms. The number of carbonyl (C=O) groups is 8. The van der Waals surface area contributed by atoms with Crippen LogP contribution in [0.4, 0.5) is 27.2 Å². The number of nitrogens with one attached hydrogen (secondary N) is 2. The molecule has 0 unspecified atom stereocenters. The number of nitrogens with zero attached hydrogens (tertiary/aromatic N) is 6. The molecule has 2 saturated heterocycles. The number of halogens is 4. The number of alkyl halides is 4. The number of carboxylic acids is 1. The van der Waals surface area contributed by atoms with E-state index in [1.807, 2.05) is 52.0 Å². The summed E-state index contributed by atoms with van der Waals surface area (Å²) in [6, 6.07) is 8.98. The van der Waals surface area contributed by atoms with Crippen LogP contribution in [0.3, 0.4) is 0 Å². The van der Waals surface area contributed by atoms with Gasteiger partial charge in [-0.15, -0.1) is 0 Å². The van der Waals surface area contributed by atoms with Crippen LogP contribution in [0.5, 0.6) is 11.8 Å². The Morgan fingerprint density at radius 3 is 1.41 bits per heavy atom. The molecule has 26 heteroatoms. The minimum atomic E-state index is -3.58. The van der Waals surface area contributed by atoms with Crippen molar-refractivity contribution < 1.29 is 84.7 Å². The number of carbonyl (C=O) groups excluding carboxylic acids is 7. The van der Waals surface area contributed by atoms with Gasteiger partial charge in [0, 0.05) is 25.7 Å². The number of esters is 1. The fourth-order valence-electron chi connectivity index (χ4n) is 14.7. The molecule has 4 fully saturated rings. The number of fused-ring (bicyclic) bond motifs is 10. The molecule has 6 aliphatic heterocycles. The normalized spacial score (nSPS) is 31.3. The lowest BCUT2D eigenvalue weighted by molar-refractivity contribution is -0.152. The van der Waals surface area contributed by atoms with E-state index in [0.29, 0.717) is 56.0 Å². The number of cyclic esters (lactones) is 2. The van der Waals surface area contributed by atoms with E-state index in [9.17, 15) is 43.5 Å². The summed E-state index contributed by atoms with van der Waals surface area (Å²) >= 11 is 0. The van der Waals surface area contributed by atoms with E-state index in [-0.39, 0.29) is 107 Å². The average Bonchev–Trinajstić information content (AvgIpc) is 1.62. The molecule has 10 atom stereocenters. The van der Waals surface area contributed by atoms with Crippen molar-refractivity contribution in [2.45, 2.75) is 211 Å². The zero-order valence-corrected chi connectivity index (χ0v) is 58.5. The molecule has 2 saturated carbocycles. The molecular formula is C76H92F4N8O14. The van der Waals surface area contributed by atoms with Crippen molar-refractivity contribution in [1.29, 1.82) is 0 Å². The van der Waals surface area contributed by atoms with Crippen molar-refractivity contribution in [1.82, 2.24) is 40.4 Å². The van der Waals surface area contributed by atoms with Crippen molar-refractivity contribution in [3.8, 4) is 11.8 Å². The Morgan fingerprint density at radius 1 is 0.569 bits per heavy atom. The second-order valence-corrected chi connectivity index (χ2v) is 30.1. The van der Waals surface area contributed by atoms with Gasteiger partial charge in [0.05, 0.1) is 77.9 Å². The number of carboxylic acid groups (broad SMARTS) is 1. The van der Waals surface area contributed by atoms with Gasteiger partial charge in [0.1, 0.15) is 24.3 Å². The number of rotatable bonds is 3.